The smallest absolute Gasteiger partial charge is 0.261 e. The largest absolute Gasteiger partial charge is 0.394 e. The summed E-state index contributed by atoms with van der Waals surface area (Å²) in [5.41, 5.74) is 0.980. The predicted molar refractivity (Wildman–Crippen MR) is 68.9 cm³/mol. The molecule has 0 spiro atoms. The Morgan fingerprint density at radius 2 is 1.63 bits per heavy atom. The zero-order valence-electron chi connectivity index (χ0n) is 10.7. The zero-order valence-corrected chi connectivity index (χ0v) is 10.7. The van der Waals surface area contributed by atoms with Gasteiger partial charge in [-0.1, -0.05) is 12.1 Å². The van der Waals surface area contributed by atoms with Crippen LogP contribution in [0.5, 0.6) is 0 Å². The second-order valence-corrected chi connectivity index (χ2v) is 4.35. The topological polar surface area (TPSA) is 66.8 Å². The van der Waals surface area contributed by atoms with Crippen LogP contribution in [-0.2, 0) is 4.74 Å². The molecule has 19 heavy (non-hydrogen) atoms. The van der Waals surface area contributed by atoms with Crippen LogP contribution in [0.4, 0.5) is 0 Å². The number of rotatable bonds is 7. The number of aliphatic hydroxyl groups excluding tert-OH is 1. The van der Waals surface area contributed by atoms with E-state index in [1.54, 1.807) is 24.3 Å². The maximum atomic E-state index is 12.0. The van der Waals surface area contributed by atoms with E-state index < -0.39 is 0 Å². The second kappa shape index (κ2) is 6.45. The van der Waals surface area contributed by atoms with Crippen molar-refractivity contribution in [2.24, 2.45) is 0 Å². The number of unbranched alkanes of at least 4 members (excludes halogenated alkanes) is 1. The van der Waals surface area contributed by atoms with Gasteiger partial charge in [-0.2, -0.15) is 0 Å². The average molecular weight is 263 g/mol. The van der Waals surface area contributed by atoms with Crippen molar-refractivity contribution in [2.45, 2.75) is 12.8 Å². The lowest BCUT2D eigenvalue weighted by molar-refractivity contribution is 0.0635. The molecule has 0 bridgehead atoms. The Morgan fingerprint density at radius 3 is 2.21 bits per heavy atom. The van der Waals surface area contributed by atoms with E-state index in [4.69, 9.17) is 9.84 Å². The van der Waals surface area contributed by atoms with E-state index in [-0.39, 0.29) is 18.4 Å². The lowest BCUT2D eigenvalue weighted by atomic mass is 10.1. The molecule has 0 saturated carbocycles. The van der Waals surface area contributed by atoms with Crippen LogP contribution >= 0.6 is 0 Å². The summed E-state index contributed by atoms with van der Waals surface area (Å²) < 4.78 is 5.12. The van der Waals surface area contributed by atoms with E-state index in [1.165, 1.54) is 4.90 Å². The molecule has 0 radical (unpaired) electrons. The summed E-state index contributed by atoms with van der Waals surface area (Å²) in [5.74, 6) is -0.422. The van der Waals surface area contributed by atoms with Gasteiger partial charge >= 0.3 is 0 Å². The van der Waals surface area contributed by atoms with Crippen molar-refractivity contribution in [1.29, 1.82) is 0 Å². The van der Waals surface area contributed by atoms with Gasteiger partial charge in [0, 0.05) is 13.2 Å². The third-order valence-corrected chi connectivity index (χ3v) is 3.03. The van der Waals surface area contributed by atoms with Crippen LogP contribution in [0, 0.1) is 0 Å². The highest BCUT2D eigenvalue weighted by Gasteiger charge is 2.34. The van der Waals surface area contributed by atoms with E-state index in [0.29, 0.717) is 37.3 Å². The molecule has 0 unspecified atom stereocenters. The molecule has 1 heterocycles. The zero-order chi connectivity index (χ0) is 13.7. The number of hydrogen-bond donors (Lipinski definition) is 1. The molecule has 5 nitrogen and oxygen atoms in total. The molecule has 0 fully saturated rings. The summed E-state index contributed by atoms with van der Waals surface area (Å²) in [5, 5.41) is 8.54. The number of carbonyl (C=O) groups is 2. The van der Waals surface area contributed by atoms with E-state index in [9.17, 15) is 9.59 Å². The average Bonchev–Trinajstić information content (AvgIpc) is 2.68. The molecule has 1 aromatic carbocycles. The first-order valence-electron chi connectivity index (χ1n) is 6.39. The van der Waals surface area contributed by atoms with Crippen LogP contribution in [0.2, 0.25) is 0 Å². The first kappa shape index (κ1) is 13.7. The fraction of sp³-hybridized carbons (Fsp3) is 0.429. The highest BCUT2D eigenvalue weighted by molar-refractivity contribution is 6.21. The van der Waals surface area contributed by atoms with E-state index >= 15 is 0 Å². The van der Waals surface area contributed by atoms with Gasteiger partial charge in [0.2, 0.25) is 0 Å². The maximum Gasteiger partial charge on any atom is 0.261 e. The number of benzene rings is 1. The number of carbonyl (C=O) groups excluding carboxylic acids is 2. The van der Waals surface area contributed by atoms with Gasteiger partial charge in [-0.25, -0.2) is 0 Å². The minimum absolute atomic E-state index is 0.0123. The van der Waals surface area contributed by atoms with Gasteiger partial charge < -0.3 is 9.84 Å². The standard InChI is InChI=1S/C14H17NO4/c16-8-10-19-9-4-3-7-15-13(17)11-5-1-2-6-12(11)14(15)18/h1-2,5-6,16H,3-4,7-10H2. The first-order valence-corrected chi connectivity index (χ1v) is 6.39. The van der Waals surface area contributed by atoms with Crippen LogP contribution in [-0.4, -0.2) is 48.2 Å². The van der Waals surface area contributed by atoms with E-state index in [1.807, 2.05) is 0 Å². The summed E-state index contributed by atoms with van der Waals surface area (Å²) in [7, 11) is 0. The number of aliphatic hydroxyl groups is 1. The molecule has 0 saturated heterocycles. The Hall–Kier alpha value is -1.72. The van der Waals surface area contributed by atoms with Crippen LogP contribution in [0.25, 0.3) is 0 Å². The minimum Gasteiger partial charge on any atom is -0.394 e. The lowest BCUT2D eigenvalue weighted by Crippen LogP contribution is -2.30. The number of nitrogens with zero attached hydrogens (tertiary/aromatic N) is 1. The third-order valence-electron chi connectivity index (χ3n) is 3.03. The van der Waals surface area contributed by atoms with Crippen molar-refractivity contribution < 1.29 is 19.4 Å². The van der Waals surface area contributed by atoms with Gasteiger partial charge in [-0.05, 0) is 25.0 Å². The molecule has 102 valence electrons. The molecule has 0 atom stereocenters. The Morgan fingerprint density at radius 1 is 1.00 bits per heavy atom. The molecule has 0 aliphatic carbocycles. The second-order valence-electron chi connectivity index (χ2n) is 4.35. The summed E-state index contributed by atoms with van der Waals surface area (Å²) >= 11 is 0. The van der Waals surface area contributed by atoms with Crippen molar-refractivity contribution in [3.63, 3.8) is 0 Å². The van der Waals surface area contributed by atoms with Gasteiger partial charge in [0.05, 0.1) is 24.3 Å². The van der Waals surface area contributed by atoms with Gasteiger partial charge in [0.1, 0.15) is 0 Å². The molecule has 5 heteroatoms. The number of amides is 2. The highest BCUT2D eigenvalue weighted by atomic mass is 16.5. The van der Waals surface area contributed by atoms with Crippen molar-refractivity contribution in [2.75, 3.05) is 26.4 Å². The molecule has 0 aromatic heterocycles. The van der Waals surface area contributed by atoms with Crippen molar-refractivity contribution in [3.8, 4) is 0 Å². The molecule has 1 N–H and O–H groups in total. The molecular formula is C14H17NO4. The highest BCUT2D eigenvalue weighted by Crippen LogP contribution is 2.22. The molecule has 1 aliphatic heterocycles. The first-order chi connectivity index (χ1) is 9.25. The summed E-state index contributed by atoms with van der Waals surface area (Å²) in [6, 6.07) is 6.88. The van der Waals surface area contributed by atoms with Crippen LogP contribution in [0.1, 0.15) is 33.6 Å². The van der Waals surface area contributed by atoms with Crippen molar-refractivity contribution in [1.82, 2.24) is 4.90 Å². The molecule has 2 rings (SSSR count). The van der Waals surface area contributed by atoms with Crippen molar-refractivity contribution >= 4 is 11.8 Å². The quantitative estimate of drug-likeness (QED) is 0.590. The van der Waals surface area contributed by atoms with Gasteiger partial charge in [0.15, 0.2) is 0 Å². The fourth-order valence-electron chi connectivity index (χ4n) is 2.08. The minimum atomic E-state index is -0.211. The van der Waals surface area contributed by atoms with Crippen LogP contribution in [0.3, 0.4) is 0 Å². The number of fused-ring (bicyclic) bond motifs is 1. The van der Waals surface area contributed by atoms with Gasteiger partial charge in [-0.3, -0.25) is 14.5 Å². The summed E-state index contributed by atoms with van der Waals surface area (Å²) in [4.78, 5) is 25.3. The normalized spacial score (nSPS) is 14.1. The lowest BCUT2D eigenvalue weighted by Gasteiger charge is -2.13. The van der Waals surface area contributed by atoms with Crippen LogP contribution in [0.15, 0.2) is 24.3 Å². The van der Waals surface area contributed by atoms with Gasteiger partial charge in [-0.15, -0.1) is 0 Å². The molecule has 1 aliphatic rings. The van der Waals surface area contributed by atoms with E-state index in [0.717, 1.165) is 6.42 Å². The summed E-state index contributed by atoms with van der Waals surface area (Å²) in [6.07, 6.45) is 1.46. The number of imide groups is 1. The molecular weight excluding hydrogens is 246 g/mol. The fourth-order valence-corrected chi connectivity index (χ4v) is 2.08. The summed E-state index contributed by atoms with van der Waals surface area (Å²) in [6.45, 7) is 1.28. The molecule has 2 amide bonds. The SMILES string of the molecule is O=C1c2ccccc2C(=O)N1CCCCOCCO. The number of hydrogen-bond acceptors (Lipinski definition) is 4. The third kappa shape index (κ3) is 3.00. The Kier molecular flexibility index (Phi) is 4.65. The Labute approximate surface area is 111 Å². The van der Waals surface area contributed by atoms with Crippen molar-refractivity contribution in [3.05, 3.63) is 35.4 Å². The monoisotopic (exact) mass is 263 g/mol. The van der Waals surface area contributed by atoms with Gasteiger partial charge in [0.25, 0.3) is 11.8 Å². The maximum absolute atomic E-state index is 12.0. The van der Waals surface area contributed by atoms with E-state index in [2.05, 4.69) is 0 Å². The predicted octanol–water partition coefficient (Wildman–Crippen LogP) is 1.07. The Balaban J connectivity index is 1.83. The number of ether oxygens (including phenoxy) is 1. The Bertz CT molecular complexity index is 437. The van der Waals surface area contributed by atoms with Crippen LogP contribution < -0.4 is 0 Å². The molecule has 1 aromatic rings.